The topological polar surface area (TPSA) is 98.2 Å². The van der Waals surface area contributed by atoms with Gasteiger partial charge in [0.2, 0.25) is 5.91 Å². The molecule has 3 aromatic heterocycles. The van der Waals surface area contributed by atoms with Crippen molar-refractivity contribution in [1.82, 2.24) is 24.4 Å². The molecule has 1 aromatic carbocycles. The van der Waals surface area contributed by atoms with Crippen molar-refractivity contribution in [1.29, 1.82) is 0 Å². The summed E-state index contributed by atoms with van der Waals surface area (Å²) in [4.78, 5) is 22.5. The monoisotopic (exact) mass is 532 g/mol. The highest BCUT2D eigenvalue weighted by Gasteiger charge is 2.30. The molecule has 2 saturated heterocycles. The summed E-state index contributed by atoms with van der Waals surface area (Å²) in [6.45, 7) is 7.54. The van der Waals surface area contributed by atoms with E-state index < -0.39 is 0 Å². The third-order valence-corrected chi connectivity index (χ3v) is 8.67. The Morgan fingerprint density at radius 3 is 2.89 bits per heavy atom. The van der Waals surface area contributed by atoms with E-state index in [1.807, 2.05) is 15.5 Å². The van der Waals surface area contributed by atoms with Crippen LogP contribution < -0.4 is 10.5 Å². The van der Waals surface area contributed by atoms with Gasteiger partial charge in [-0.15, -0.1) is 11.3 Å². The van der Waals surface area contributed by atoms with E-state index in [9.17, 15) is 4.79 Å². The average Bonchev–Trinajstić information content (AvgIpc) is 3.66. The maximum atomic E-state index is 12.9. The fourth-order valence-electron chi connectivity index (χ4n) is 5.51. The van der Waals surface area contributed by atoms with Crippen LogP contribution in [0.3, 0.4) is 0 Å². The van der Waals surface area contributed by atoms with Gasteiger partial charge in [-0.1, -0.05) is 12.1 Å². The van der Waals surface area contributed by atoms with Crippen LogP contribution in [0.5, 0.6) is 5.75 Å². The SMILES string of the molecule is COc1cc(C)cc2cc(-c3cc(C4CCN(C(=O)/C=C/CN5CCOCC5)C4)n4ncnc(N)c34)sc12. The molecule has 38 heavy (non-hydrogen) atoms. The number of nitrogen functional groups attached to an aromatic ring is 1. The Morgan fingerprint density at radius 2 is 2.08 bits per heavy atom. The van der Waals surface area contributed by atoms with Crippen LogP contribution in [0.4, 0.5) is 5.82 Å². The molecule has 5 heterocycles. The predicted molar refractivity (Wildman–Crippen MR) is 150 cm³/mol. The Morgan fingerprint density at radius 1 is 1.24 bits per heavy atom. The first-order valence-electron chi connectivity index (χ1n) is 13.0. The van der Waals surface area contributed by atoms with Crippen molar-refractivity contribution in [3.05, 3.63) is 54.0 Å². The normalized spacial score (nSPS) is 18.8. The minimum absolute atomic E-state index is 0.0583. The van der Waals surface area contributed by atoms with Crippen molar-refractivity contribution in [2.24, 2.45) is 0 Å². The maximum Gasteiger partial charge on any atom is 0.246 e. The Labute approximate surface area is 225 Å². The molecular weight excluding hydrogens is 500 g/mol. The second kappa shape index (κ2) is 10.4. The van der Waals surface area contributed by atoms with Crippen LogP contribution in [0, 0.1) is 6.92 Å². The first-order chi connectivity index (χ1) is 18.5. The third-order valence-electron chi connectivity index (χ3n) is 7.47. The largest absolute Gasteiger partial charge is 0.495 e. The van der Waals surface area contributed by atoms with Gasteiger partial charge in [0.25, 0.3) is 0 Å². The molecule has 2 fully saturated rings. The van der Waals surface area contributed by atoms with Crippen molar-refractivity contribution < 1.29 is 14.3 Å². The number of carbonyl (C=O) groups is 1. The molecule has 1 atom stereocenters. The number of hydrogen-bond donors (Lipinski definition) is 1. The van der Waals surface area contributed by atoms with Gasteiger partial charge in [-0.3, -0.25) is 9.69 Å². The van der Waals surface area contributed by atoms with Gasteiger partial charge >= 0.3 is 0 Å². The highest BCUT2D eigenvalue weighted by molar-refractivity contribution is 7.22. The third kappa shape index (κ3) is 4.63. The number of fused-ring (bicyclic) bond motifs is 2. The summed E-state index contributed by atoms with van der Waals surface area (Å²) in [5, 5.41) is 5.72. The van der Waals surface area contributed by atoms with Gasteiger partial charge in [0.05, 0.1) is 25.0 Å². The number of aromatic nitrogens is 3. The highest BCUT2D eigenvalue weighted by Crippen LogP contribution is 2.43. The first kappa shape index (κ1) is 24.8. The molecule has 10 heteroatoms. The number of aryl methyl sites for hydroxylation is 1. The van der Waals surface area contributed by atoms with Gasteiger partial charge in [0.1, 0.15) is 17.6 Å². The lowest BCUT2D eigenvalue weighted by Crippen LogP contribution is -2.36. The molecule has 9 nitrogen and oxygen atoms in total. The molecule has 1 amide bonds. The Balaban J connectivity index is 1.27. The number of methoxy groups -OCH3 is 1. The average molecular weight is 533 g/mol. The molecule has 0 radical (unpaired) electrons. The van der Waals surface area contributed by atoms with Gasteiger partial charge in [-0.05, 0) is 42.5 Å². The summed E-state index contributed by atoms with van der Waals surface area (Å²) < 4.78 is 14.1. The zero-order valence-electron chi connectivity index (χ0n) is 21.7. The lowest BCUT2D eigenvalue weighted by molar-refractivity contribution is -0.125. The molecule has 0 bridgehead atoms. The summed E-state index contributed by atoms with van der Waals surface area (Å²) in [6.07, 6.45) is 6.06. The molecule has 1 unspecified atom stereocenters. The number of anilines is 1. The minimum Gasteiger partial charge on any atom is -0.495 e. The second-order valence-electron chi connectivity index (χ2n) is 9.97. The molecule has 0 aliphatic carbocycles. The number of rotatable bonds is 6. The van der Waals surface area contributed by atoms with Crippen LogP contribution in [-0.2, 0) is 9.53 Å². The Hall–Kier alpha value is -3.47. The van der Waals surface area contributed by atoms with Crippen LogP contribution in [0.25, 0.3) is 26.0 Å². The molecule has 2 aliphatic heterocycles. The van der Waals surface area contributed by atoms with Crippen LogP contribution in [-0.4, -0.2) is 83.4 Å². The molecule has 4 aromatic rings. The fourth-order valence-corrected chi connectivity index (χ4v) is 6.66. The lowest BCUT2D eigenvalue weighted by atomic mass is 10.0. The zero-order chi connectivity index (χ0) is 26.2. The van der Waals surface area contributed by atoms with Crippen LogP contribution in [0.15, 0.2) is 42.7 Å². The van der Waals surface area contributed by atoms with E-state index in [-0.39, 0.29) is 11.8 Å². The van der Waals surface area contributed by atoms with Crippen molar-refractivity contribution in [2.45, 2.75) is 19.3 Å². The van der Waals surface area contributed by atoms with Gasteiger partial charge in [0.15, 0.2) is 5.82 Å². The highest BCUT2D eigenvalue weighted by atomic mass is 32.1. The Kier molecular flexibility index (Phi) is 6.77. The van der Waals surface area contributed by atoms with Crippen molar-refractivity contribution >= 4 is 38.7 Å². The fraction of sp³-hybridized carbons (Fsp3) is 0.393. The van der Waals surface area contributed by atoms with E-state index in [0.29, 0.717) is 18.9 Å². The molecular formula is C28H32N6O3S. The number of thiophene rings is 1. The van der Waals surface area contributed by atoms with Crippen LogP contribution >= 0.6 is 11.3 Å². The van der Waals surface area contributed by atoms with Gasteiger partial charge in [0, 0.05) is 60.9 Å². The van der Waals surface area contributed by atoms with Gasteiger partial charge in [-0.25, -0.2) is 9.50 Å². The number of nitrogens with two attached hydrogens (primary N) is 1. The van der Waals surface area contributed by atoms with Gasteiger partial charge < -0.3 is 20.1 Å². The van der Waals surface area contributed by atoms with E-state index in [4.69, 9.17) is 15.2 Å². The van der Waals surface area contributed by atoms with E-state index in [1.54, 1.807) is 24.5 Å². The standard InChI is InChI=1S/C28H32N6O3S/c1-18-12-20-14-24(38-27(20)23(13-18)36-2)21-15-22(34-26(21)28(29)30-17-31-34)19-5-7-33(16-19)25(35)4-3-6-32-8-10-37-11-9-32/h3-4,12-15,17,19H,5-11,16H2,1-2H3,(H2,29,30,31)/b4-3+. The molecule has 198 valence electrons. The molecule has 2 N–H and O–H groups in total. The maximum absolute atomic E-state index is 12.9. The summed E-state index contributed by atoms with van der Waals surface area (Å²) in [5.41, 5.74) is 10.4. The van der Waals surface area contributed by atoms with E-state index in [0.717, 1.165) is 82.3 Å². The minimum atomic E-state index is 0.0583. The molecule has 0 saturated carbocycles. The number of likely N-dealkylation sites (tertiary alicyclic amines) is 1. The second-order valence-corrected chi connectivity index (χ2v) is 11.0. The van der Waals surface area contributed by atoms with E-state index in [1.165, 1.54) is 6.33 Å². The molecule has 2 aliphatic rings. The Bertz CT molecular complexity index is 1520. The van der Waals surface area contributed by atoms with Crippen molar-refractivity contribution in [3.63, 3.8) is 0 Å². The number of benzene rings is 1. The van der Waals surface area contributed by atoms with Crippen LogP contribution in [0.2, 0.25) is 0 Å². The number of nitrogens with zero attached hydrogens (tertiary/aromatic N) is 5. The summed E-state index contributed by atoms with van der Waals surface area (Å²) in [7, 11) is 1.70. The number of morpholine rings is 1. The quantitative estimate of drug-likeness (QED) is 0.378. The van der Waals surface area contributed by atoms with E-state index in [2.05, 4.69) is 46.2 Å². The summed E-state index contributed by atoms with van der Waals surface area (Å²) in [5.74, 6) is 1.53. The van der Waals surface area contributed by atoms with Gasteiger partial charge in [-0.2, -0.15) is 5.10 Å². The summed E-state index contributed by atoms with van der Waals surface area (Å²) >= 11 is 1.68. The summed E-state index contributed by atoms with van der Waals surface area (Å²) in [6, 6.07) is 8.59. The van der Waals surface area contributed by atoms with Crippen molar-refractivity contribution in [2.75, 3.05) is 58.8 Å². The first-order valence-corrected chi connectivity index (χ1v) is 13.8. The number of carbonyl (C=O) groups excluding carboxylic acids is 1. The predicted octanol–water partition coefficient (Wildman–Crippen LogP) is 3.71. The van der Waals surface area contributed by atoms with E-state index >= 15 is 0 Å². The molecule has 6 rings (SSSR count). The number of ether oxygens (including phenoxy) is 2. The van der Waals surface area contributed by atoms with Crippen molar-refractivity contribution in [3.8, 4) is 16.2 Å². The lowest BCUT2D eigenvalue weighted by Gasteiger charge is -2.25. The molecule has 0 spiro atoms. The zero-order valence-corrected chi connectivity index (χ0v) is 22.5. The number of amides is 1. The van der Waals surface area contributed by atoms with Crippen LogP contribution in [0.1, 0.15) is 23.6 Å². The number of hydrogen-bond acceptors (Lipinski definition) is 8. The smallest absolute Gasteiger partial charge is 0.246 e.